The van der Waals surface area contributed by atoms with Gasteiger partial charge in [-0.1, -0.05) is 0 Å². The fraction of sp³-hybridized carbons (Fsp3) is 0.286. The third kappa shape index (κ3) is 4.79. The van der Waals surface area contributed by atoms with Gasteiger partial charge in [-0.2, -0.15) is 5.10 Å². The molecule has 0 saturated carbocycles. The van der Waals surface area contributed by atoms with Crippen molar-refractivity contribution in [2.24, 2.45) is 17.8 Å². The zero-order valence-electron chi connectivity index (χ0n) is 12.7. The Morgan fingerprint density at radius 3 is 2.64 bits per heavy atom. The number of nitrogens with two attached hydrogens (primary N) is 1. The van der Waals surface area contributed by atoms with E-state index in [4.69, 9.17) is 15.2 Å². The second-order valence-electron chi connectivity index (χ2n) is 4.42. The van der Waals surface area contributed by atoms with Gasteiger partial charge in [-0.15, -0.1) is 24.0 Å². The highest BCUT2D eigenvalue weighted by Gasteiger charge is 2.05. The van der Waals surface area contributed by atoms with Crippen LogP contribution >= 0.6 is 24.0 Å². The second-order valence-corrected chi connectivity index (χ2v) is 4.42. The Morgan fingerprint density at radius 2 is 2.05 bits per heavy atom. The third-order valence-corrected chi connectivity index (χ3v) is 2.85. The first-order chi connectivity index (χ1) is 10.1. The van der Waals surface area contributed by atoms with Crippen LogP contribution in [0.5, 0.6) is 11.5 Å². The summed E-state index contributed by atoms with van der Waals surface area (Å²) in [5.41, 5.74) is 7.63. The van der Waals surface area contributed by atoms with E-state index >= 15 is 0 Å². The lowest BCUT2D eigenvalue weighted by Gasteiger charge is -2.10. The average molecular weight is 417 g/mol. The summed E-state index contributed by atoms with van der Waals surface area (Å²) in [5, 5.41) is 7.09. The first kappa shape index (κ1) is 18.1. The van der Waals surface area contributed by atoms with E-state index < -0.39 is 0 Å². The zero-order chi connectivity index (χ0) is 15.2. The SMILES string of the molecule is COc1ccc(NC(N)=NCc2cnn(C)c2)cc1OC.I. The molecule has 0 atom stereocenters. The molecule has 0 amide bonds. The van der Waals surface area contributed by atoms with E-state index in [1.807, 2.05) is 19.3 Å². The Kier molecular flexibility index (Phi) is 6.96. The maximum absolute atomic E-state index is 5.86. The number of hydrogen-bond acceptors (Lipinski definition) is 4. The van der Waals surface area contributed by atoms with Crippen molar-refractivity contribution in [1.29, 1.82) is 0 Å². The summed E-state index contributed by atoms with van der Waals surface area (Å²) < 4.78 is 12.1. The van der Waals surface area contributed by atoms with Crippen LogP contribution in [-0.2, 0) is 13.6 Å². The van der Waals surface area contributed by atoms with Gasteiger partial charge in [0.2, 0.25) is 0 Å². The van der Waals surface area contributed by atoms with Crippen molar-refractivity contribution in [2.45, 2.75) is 6.54 Å². The Labute approximate surface area is 146 Å². The lowest BCUT2D eigenvalue weighted by molar-refractivity contribution is 0.355. The smallest absolute Gasteiger partial charge is 0.193 e. The van der Waals surface area contributed by atoms with Crippen LogP contribution in [0.2, 0.25) is 0 Å². The highest BCUT2D eigenvalue weighted by Crippen LogP contribution is 2.29. The number of halogens is 1. The number of nitrogens with zero attached hydrogens (tertiary/aromatic N) is 3. The molecule has 0 spiro atoms. The van der Waals surface area contributed by atoms with Crippen molar-refractivity contribution in [3.05, 3.63) is 36.2 Å². The van der Waals surface area contributed by atoms with Crippen molar-refractivity contribution >= 4 is 35.6 Å². The van der Waals surface area contributed by atoms with Crippen molar-refractivity contribution in [2.75, 3.05) is 19.5 Å². The minimum atomic E-state index is 0. The molecule has 0 aliphatic heterocycles. The molecule has 7 nitrogen and oxygen atoms in total. The molecule has 0 aliphatic rings. The van der Waals surface area contributed by atoms with Gasteiger partial charge in [0.05, 0.1) is 27.0 Å². The number of aromatic nitrogens is 2. The van der Waals surface area contributed by atoms with E-state index in [1.54, 1.807) is 37.2 Å². The molecule has 2 rings (SSSR count). The Balaban J connectivity index is 0.00000242. The first-order valence-corrected chi connectivity index (χ1v) is 6.39. The van der Waals surface area contributed by atoms with Crippen LogP contribution in [0.25, 0.3) is 0 Å². The van der Waals surface area contributed by atoms with Crippen LogP contribution in [-0.4, -0.2) is 30.0 Å². The Hall–Kier alpha value is -1.97. The highest BCUT2D eigenvalue weighted by molar-refractivity contribution is 14.0. The number of methoxy groups -OCH3 is 2. The molecule has 1 aromatic heterocycles. The van der Waals surface area contributed by atoms with Crippen LogP contribution < -0.4 is 20.5 Å². The van der Waals surface area contributed by atoms with Crippen LogP contribution in [0.3, 0.4) is 0 Å². The van der Waals surface area contributed by atoms with Gasteiger partial charge < -0.3 is 20.5 Å². The number of aliphatic imine (C=N–C) groups is 1. The number of nitrogens with one attached hydrogen (secondary N) is 1. The minimum Gasteiger partial charge on any atom is -0.493 e. The van der Waals surface area contributed by atoms with E-state index in [0.29, 0.717) is 24.0 Å². The average Bonchev–Trinajstić information content (AvgIpc) is 2.90. The van der Waals surface area contributed by atoms with Gasteiger partial charge in [-0.25, -0.2) is 4.99 Å². The van der Waals surface area contributed by atoms with Gasteiger partial charge in [-0.3, -0.25) is 4.68 Å². The quantitative estimate of drug-likeness (QED) is 0.442. The van der Waals surface area contributed by atoms with E-state index in [-0.39, 0.29) is 24.0 Å². The molecule has 8 heteroatoms. The monoisotopic (exact) mass is 417 g/mol. The first-order valence-electron chi connectivity index (χ1n) is 6.39. The molecule has 2 aromatic rings. The highest BCUT2D eigenvalue weighted by atomic mass is 127. The number of benzene rings is 1. The maximum atomic E-state index is 5.86. The lowest BCUT2D eigenvalue weighted by Crippen LogP contribution is -2.22. The van der Waals surface area contributed by atoms with Crippen LogP contribution in [0.1, 0.15) is 5.56 Å². The van der Waals surface area contributed by atoms with Crippen molar-refractivity contribution < 1.29 is 9.47 Å². The van der Waals surface area contributed by atoms with Crippen LogP contribution in [0.15, 0.2) is 35.6 Å². The van der Waals surface area contributed by atoms with Crippen molar-refractivity contribution in [3.8, 4) is 11.5 Å². The van der Waals surface area contributed by atoms with Crippen LogP contribution in [0, 0.1) is 0 Å². The number of aryl methyl sites for hydroxylation is 1. The standard InChI is InChI=1S/C14H19N5O2.HI/c1-19-9-10(8-17-19)7-16-14(15)18-11-4-5-12(20-2)13(6-11)21-3;/h4-6,8-9H,7H2,1-3H3,(H3,15,16,18);1H. The fourth-order valence-corrected chi connectivity index (χ4v) is 1.83. The minimum absolute atomic E-state index is 0. The number of rotatable bonds is 5. The van der Waals surface area contributed by atoms with Gasteiger partial charge in [0, 0.05) is 30.6 Å². The van der Waals surface area contributed by atoms with Crippen molar-refractivity contribution in [3.63, 3.8) is 0 Å². The van der Waals surface area contributed by atoms with Gasteiger partial charge in [0.15, 0.2) is 17.5 Å². The maximum Gasteiger partial charge on any atom is 0.193 e. The summed E-state index contributed by atoms with van der Waals surface area (Å²) in [5.74, 6) is 1.61. The van der Waals surface area contributed by atoms with Gasteiger partial charge in [-0.05, 0) is 12.1 Å². The summed E-state index contributed by atoms with van der Waals surface area (Å²) in [7, 11) is 5.04. The third-order valence-electron chi connectivity index (χ3n) is 2.85. The van der Waals surface area contributed by atoms with Crippen molar-refractivity contribution in [1.82, 2.24) is 9.78 Å². The van der Waals surface area contributed by atoms with Gasteiger partial charge in [0.25, 0.3) is 0 Å². The number of hydrogen-bond donors (Lipinski definition) is 2. The van der Waals surface area contributed by atoms with Gasteiger partial charge in [0.1, 0.15) is 0 Å². The second kappa shape index (κ2) is 8.47. The summed E-state index contributed by atoms with van der Waals surface area (Å²) in [6, 6.07) is 5.44. The molecule has 0 unspecified atom stereocenters. The normalized spacial score (nSPS) is 10.8. The Bertz CT molecular complexity index is 642. The molecule has 0 radical (unpaired) electrons. The zero-order valence-corrected chi connectivity index (χ0v) is 15.1. The van der Waals surface area contributed by atoms with Gasteiger partial charge >= 0.3 is 0 Å². The van der Waals surface area contributed by atoms with E-state index in [2.05, 4.69) is 15.4 Å². The molecule has 120 valence electrons. The van der Waals surface area contributed by atoms with E-state index in [9.17, 15) is 0 Å². The molecule has 0 fully saturated rings. The van der Waals surface area contributed by atoms with E-state index in [0.717, 1.165) is 11.3 Å². The lowest BCUT2D eigenvalue weighted by atomic mass is 10.3. The molecule has 0 saturated heterocycles. The summed E-state index contributed by atoms with van der Waals surface area (Å²) >= 11 is 0. The fourth-order valence-electron chi connectivity index (χ4n) is 1.83. The molecule has 0 bridgehead atoms. The summed E-state index contributed by atoms with van der Waals surface area (Å²) in [4.78, 5) is 4.26. The molecule has 3 N–H and O–H groups in total. The summed E-state index contributed by atoms with van der Waals surface area (Å²) in [6.45, 7) is 0.472. The number of guanidine groups is 1. The van der Waals surface area contributed by atoms with Crippen LogP contribution in [0.4, 0.5) is 5.69 Å². The largest absolute Gasteiger partial charge is 0.493 e. The predicted molar refractivity (Wildman–Crippen MR) is 97.1 cm³/mol. The Morgan fingerprint density at radius 1 is 1.32 bits per heavy atom. The molecular weight excluding hydrogens is 397 g/mol. The molecule has 0 aliphatic carbocycles. The summed E-state index contributed by atoms with van der Waals surface area (Å²) in [6.07, 6.45) is 3.65. The molecule has 22 heavy (non-hydrogen) atoms. The molecular formula is C14H20IN5O2. The molecule has 1 heterocycles. The van der Waals surface area contributed by atoms with E-state index in [1.165, 1.54) is 0 Å². The number of anilines is 1. The molecule has 1 aromatic carbocycles. The topological polar surface area (TPSA) is 86.7 Å². The number of ether oxygens (including phenoxy) is 2. The predicted octanol–water partition coefficient (Wildman–Crippen LogP) is 1.98.